The molecule has 0 spiro atoms. The van der Waals surface area contributed by atoms with Crippen molar-refractivity contribution < 1.29 is 19.4 Å². The maximum Gasteiger partial charge on any atom is 0.324 e. The lowest BCUT2D eigenvalue weighted by atomic mass is 9.67. The molecule has 1 aliphatic carbocycles. The Morgan fingerprint density at radius 2 is 1.95 bits per heavy atom. The molecule has 1 rings (SSSR count). The van der Waals surface area contributed by atoms with E-state index in [0.29, 0.717) is 19.3 Å². The Balaban J connectivity index is 2.74. The predicted molar refractivity (Wildman–Crippen MR) is 76.4 cm³/mol. The van der Waals surface area contributed by atoms with Crippen LogP contribution in [0.25, 0.3) is 0 Å². The first kappa shape index (κ1) is 17.2. The molecule has 1 fully saturated rings. The van der Waals surface area contributed by atoms with Crippen LogP contribution < -0.4 is 5.73 Å². The van der Waals surface area contributed by atoms with Gasteiger partial charge in [-0.3, -0.25) is 9.59 Å². The van der Waals surface area contributed by atoms with Gasteiger partial charge in [0, 0.05) is 5.41 Å². The quantitative estimate of drug-likeness (QED) is 0.557. The van der Waals surface area contributed by atoms with Crippen molar-refractivity contribution in [3.05, 3.63) is 0 Å². The van der Waals surface area contributed by atoms with E-state index in [4.69, 9.17) is 27.2 Å². The Labute approximate surface area is 124 Å². The summed E-state index contributed by atoms with van der Waals surface area (Å²) in [6.07, 6.45) is 5.41. The minimum Gasteiger partial charge on any atom is -0.481 e. The maximum atomic E-state index is 12.1. The van der Waals surface area contributed by atoms with Crippen LogP contribution in [0.15, 0.2) is 0 Å². The molecule has 20 heavy (non-hydrogen) atoms. The first-order chi connectivity index (χ1) is 9.41. The number of esters is 1. The molecule has 1 saturated carbocycles. The van der Waals surface area contributed by atoms with Gasteiger partial charge in [0.1, 0.15) is 6.04 Å². The summed E-state index contributed by atoms with van der Waals surface area (Å²) in [5, 5.41) is 9.09. The van der Waals surface area contributed by atoms with Gasteiger partial charge in [0.05, 0.1) is 6.42 Å². The van der Waals surface area contributed by atoms with Gasteiger partial charge in [-0.2, -0.15) is 0 Å². The van der Waals surface area contributed by atoms with Crippen molar-refractivity contribution in [2.45, 2.75) is 69.9 Å². The standard InChI is InChI=1S/C14H24ClNO4/c1-2-6-10(15)20-13(19)12(16)14(9-11(17)18)7-4-3-5-8-14/h10,12H,2-9,16H2,1H3,(H,17,18). The van der Waals surface area contributed by atoms with Gasteiger partial charge in [-0.25, -0.2) is 0 Å². The number of ether oxygens (including phenoxy) is 1. The van der Waals surface area contributed by atoms with Gasteiger partial charge in [-0.05, 0) is 19.3 Å². The first-order valence-electron chi connectivity index (χ1n) is 7.23. The van der Waals surface area contributed by atoms with Crippen LogP contribution in [0.4, 0.5) is 0 Å². The van der Waals surface area contributed by atoms with Crippen LogP contribution in [0.2, 0.25) is 0 Å². The van der Waals surface area contributed by atoms with Crippen molar-refractivity contribution in [1.82, 2.24) is 0 Å². The number of halogens is 1. The van der Waals surface area contributed by atoms with Gasteiger partial charge < -0.3 is 15.6 Å². The second-order valence-electron chi connectivity index (χ2n) is 5.61. The van der Waals surface area contributed by atoms with E-state index in [-0.39, 0.29) is 6.42 Å². The SMILES string of the molecule is CCCC(Cl)OC(=O)C(N)C1(CC(=O)O)CCCCC1. The van der Waals surface area contributed by atoms with Crippen molar-refractivity contribution in [1.29, 1.82) is 0 Å². The largest absolute Gasteiger partial charge is 0.481 e. The zero-order chi connectivity index (χ0) is 15.2. The van der Waals surface area contributed by atoms with Gasteiger partial charge >= 0.3 is 11.9 Å². The molecule has 116 valence electrons. The van der Waals surface area contributed by atoms with E-state index >= 15 is 0 Å². The normalized spacial score (nSPS) is 20.9. The molecule has 1 aliphatic rings. The summed E-state index contributed by atoms with van der Waals surface area (Å²) in [6, 6.07) is -0.919. The fraction of sp³-hybridized carbons (Fsp3) is 0.857. The highest BCUT2D eigenvalue weighted by Gasteiger charge is 2.44. The third kappa shape index (κ3) is 4.63. The molecule has 0 aromatic rings. The van der Waals surface area contributed by atoms with Crippen LogP contribution in [0, 0.1) is 5.41 Å². The molecule has 2 atom stereocenters. The minimum atomic E-state index is -0.925. The van der Waals surface area contributed by atoms with E-state index in [1.807, 2.05) is 6.92 Å². The van der Waals surface area contributed by atoms with Crippen LogP contribution in [0.3, 0.4) is 0 Å². The van der Waals surface area contributed by atoms with E-state index < -0.39 is 29.0 Å². The fourth-order valence-electron chi connectivity index (χ4n) is 2.89. The van der Waals surface area contributed by atoms with Gasteiger partial charge in [0.2, 0.25) is 0 Å². The molecule has 2 unspecified atom stereocenters. The molecule has 6 heteroatoms. The lowest BCUT2D eigenvalue weighted by Gasteiger charge is -2.39. The summed E-state index contributed by atoms with van der Waals surface area (Å²) in [6.45, 7) is 1.94. The number of carbonyl (C=O) groups excluding carboxylic acids is 1. The molecule has 0 aliphatic heterocycles. The Morgan fingerprint density at radius 3 is 2.45 bits per heavy atom. The summed E-state index contributed by atoms with van der Waals surface area (Å²) in [5.41, 5.74) is 4.64. The second-order valence-corrected chi connectivity index (χ2v) is 6.09. The van der Waals surface area contributed by atoms with Crippen LogP contribution in [-0.2, 0) is 14.3 Å². The highest BCUT2D eigenvalue weighted by molar-refractivity contribution is 6.20. The van der Waals surface area contributed by atoms with Crippen LogP contribution in [0.1, 0.15) is 58.3 Å². The molecule has 0 saturated heterocycles. The first-order valence-corrected chi connectivity index (χ1v) is 7.67. The summed E-state index contributed by atoms with van der Waals surface area (Å²) in [7, 11) is 0. The summed E-state index contributed by atoms with van der Waals surface area (Å²) < 4.78 is 5.12. The van der Waals surface area contributed by atoms with Gasteiger partial charge in [0.25, 0.3) is 0 Å². The van der Waals surface area contributed by atoms with Crippen molar-refractivity contribution >= 4 is 23.5 Å². The molecule has 0 radical (unpaired) electrons. The Kier molecular flexibility index (Phi) is 6.76. The number of carboxylic acid groups (broad SMARTS) is 1. The number of hydrogen-bond acceptors (Lipinski definition) is 4. The van der Waals surface area contributed by atoms with E-state index in [1.165, 1.54) is 0 Å². The molecule has 0 aromatic heterocycles. The summed E-state index contributed by atoms with van der Waals surface area (Å²) in [4.78, 5) is 23.2. The average Bonchev–Trinajstić information content (AvgIpc) is 2.38. The maximum absolute atomic E-state index is 12.1. The van der Waals surface area contributed by atoms with Gasteiger partial charge in [0.15, 0.2) is 5.56 Å². The molecule has 3 N–H and O–H groups in total. The molecule has 0 heterocycles. The molecule has 0 bridgehead atoms. The molecule has 5 nitrogen and oxygen atoms in total. The Bertz CT molecular complexity index is 342. The predicted octanol–water partition coefficient (Wildman–Crippen LogP) is 2.65. The Morgan fingerprint density at radius 1 is 1.35 bits per heavy atom. The number of carboxylic acids is 1. The topological polar surface area (TPSA) is 89.6 Å². The average molecular weight is 306 g/mol. The number of alkyl halides is 1. The molecular formula is C14H24ClNO4. The fourth-order valence-corrected chi connectivity index (χ4v) is 3.20. The number of hydrogen-bond donors (Lipinski definition) is 2. The van der Waals surface area contributed by atoms with E-state index in [2.05, 4.69) is 0 Å². The lowest BCUT2D eigenvalue weighted by Crippen LogP contribution is -2.50. The van der Waals surface area contributed by atoms with E-state index in [0.717, 1.165) is 25.7 Å². The van der Waals surface area contributed by atoms with Crippen molar-refractivity contribution in [2.75, 3.05) is 0 Å². The van der Waals surface area contributed by atoms with Crippen molar-refractivity contribution in [2.24, 2.45) is 11.1 Å². The highest BCUT2D eigenvalue weighted by Crippen LogP contribution is 2.42. The Hall–Kier alpha value is -0.810. The number of rotatable bonds is 7. The molecule has 0 amide bonds. The highest BCUT2D eigenvalue weighted by atomic mass is 35.5. The van der Waals surface area contributed by atoms with Crippen LogP contribution in [0.5, 0.6) is 0 Å². The van der Waals surface area contributed by atoms with Gasteiger partial charge in [-0.1, -0.05) is 44.2 Å². The number of nitrogens with two attached hydrogens (primary N) is 1. The van der Waals surface area contributed by atoms with E-state index in [1.54, 1.807) is 0 Å². The van der Waals surface area contributed by atoms with Crippen LogP contribution >= 0.6 is 11.6 Å². The third-order valence-corrected chi connectivity index (χ3v) is 4.33. The van der Waals surface area contributed by atoms with Gasteiger partial charge in [-0.15, -0.1) is 0 Å². The number of carbonyl (C=O) groups is 2. The van der Waals surface area contributed by atoms with Crippen molar-refractivity contribution in [3.63, 3.8) is 0 Å². The van der Waals surface area contributed by atoms with Crippen molar-refractivity contribution in [3.8, 4) is 0 Å². The third-order valence-electron chi connectivity index (χ3n) is 4.03. The van der Waals surface area contributed by atoms with E-state index in [9.17, 15) is 9.59 Å². The lowest BCUT2D eigenvalue weighted by molar-refractivity contribution is -0.153. The zero-order valence-electron chi connectivity index (χ0n) is 11.9. The summed E-state index contributed by atoms with van der Waals surface area (Å²) in [5.74, 6) is -1.51. The smallest absolute Gasteiger partial charge is 0.324 e. The zero-order valence-corrected chi connectivity index (χ0v) is 12.7. The second kappa shape index (κ2) is 7.84. The number of aliphatic carboxylic acids is 1. The molecule has 0 aromatic carbocycles. The van der Waals surface area contributed by atoms with Crippen LogP contribution in [-0.4, -0.2) is 28.7 Å². The monoisotopic (exact) mass is 305 g/mol. The molecular weight excluding hydrogens is 282 g/mol. The minimum absolute atomic E-state index is 0.0933. The summed E-state index contributed by atoms with van der Waals surface area (Å²) >= 11 is 5.90.